The maximum Gasteiger partial charge on any atom is 0.244 e. The van der Waals surface area contributed by atoms with Crippen molar-refractivity contribution in [3.05, 3.63) is 28.2 Å². The number of hydrogen-bond acceptors (Lipinski definition) is 4. The van der Waals surface area contributed by atoms with Crippen LogP contribution in [-0.4, -0.2) is 51.0 Å². The van der Waals surface area contributed by atoms with Crippen LogP contribution in [0.3, 0.4) is 0 Å². The largest absolute Gasteiger partial charge is 0.379 e. The van der Waals surface area contributed by atoms with Gasteiger partial charge in [-0.3, -0.25) is 4.79 Å². The lowest BCUT2D eigenvalue weighted by Crippen LogP contribution is -2.47. The Labute approximate surface area is 163 Å². The second-order valence-electron chi connectivity index (χ2n) is 6.68. The van der Waals surface area contributed by atoms with Crippen molar-refractivity contribution in [2.24, 2.45) is 5.92 Å². The first-order valence-electron chi connectivity index (χ1n) is 8.71. The van der Waals surface area contributed by atoms with Gasteiger partial charge >= 0.3 is 0 Å². The molecule has 1 atom stereocenters. The zero-order valence-electron chi connectivity index (χ0n) is 14.3. The molecular weight excluding hydrogens is 399 g/mol. The number of nitrogens with one attached hydrogen (secondary N) is 1. The predicted octanol–water partition coefficient (Wildman–Crippen LogP) is 2.69. The van der Waals surface area contributed by atoms with Crippen LogP contribution in [0.2, 0.25) is 10.0 Å². The van der Waals surface area contributed by atoms with Gasteiger partial charge in [0.2, 0.25) is 15.9 Å². The van der Waals surface area contributed by atoms with E-state index in [0.717, 1.165) is 19.4 Å². The molecule has 6 nitrogen and oxygen atoms in total. The van der Waals surface area contributed by atoms with Crippen LogP contribution in [0.1, 0.15) is 25.7 Å². The van der Waals surface area contributed by atoms with Crippen LogP contribution in [0.15, 0.2) is 23.1 Å². The molecule has 0 aliphatic carbocycles. The van der Waals surface area contributed by atoms with Gasteiger partial charge in [-0.1, -0.05) is 23.2 Å². The zero-order valence-corrected chi connectivity index (χ0v) is 16.6. The highest BCUT2D eigenvalue weighted by atomic mass is 35.5. The summed E-state index contributed by atoms with van der Waals surface area (Å²) in [6, 6.07) is 4.45. The van der Waals surface area contributed by atoms with E-state index < -0.39 is 10.0 Å². The van der Waals surface area contributed by atoms with Crippen molar-refractivity contribution in [1.82, 2.24) is 9.62 Å². The summed E-state index contributed by atoms with van der Waals surface area (Å²) in [6.07, 6.45) is 2.84. The Kier molecular flexibility index (Phi) is 6.45. The summed E-state index contributed by atoms with van der Waals surface area (Å²) in [4.78, 5) is 12.4. The second kappa shape index (κ2) is 8.44. The molecule has 2 saturated heterocycles. The molecule has 1 N–H and O–H groups in total. The molecule has 0 bridgehead atoms. The number of hydrogen-bond donors (Lipinski definition) is 1. The first-order chi connectivity index (χ1) is 12.4. The van der Waals surface area contributed by atoms with E-state index in [1.165, 1.54) is 16.4 Å². The maximum atomic E-state index is 12.8. The molecule has 2 aliphatic heterocycles. The average molecular weight is 421 g/mol. The molecule has 3 rings (SSSR count). The molecule has 1 aromatic rings. The van der Waals surface area contributed by atoms with Gasteiger partial charge in [0.15, 0.2) is 0 Å². The van der Waals surface area contributed by atoms with E-state index in [1.807, 2.05) is 0 Å². The van der Waals surface area contributed by atoms with Crippen LogP contribution >= 0.6 is 23.2 Å². The summed E-state index contributed by atoms with van der Waals surface area (Å²) in [7, 11) is -3.73. The summed E-state index contributed by atoms with van der Waals surface area (Å²) in [5.41, 5.74) is 0. The minimum absolute atomic E-state index is 0.00826. The molecule has 1 unspecified atom stereocenters. The molecule has 1 amide bonds. The Balaban J connectivity index is 1.60. The van der Waals surface area contributed by atoms with Crippen molar-refractivity contribution in [2.45, 2.75) is 36.6 Å². The van der Waals surface area contributed by atoms with Crippen LogP contribution in [0, 0.1) is 5.92 Å². The summed E-state index contributed by atoms with van der Waals surface area (Å²) in [5, 5.41) is 3.48. The lowest BCUT2D eigenvalue weighted by molar-refractivity contribution is -0.127. The van der Waals surface area contributed by atoms with Crippen molar-refractivity contribution < 1.29 is 17.9 Å². The number of amides is 1. The monoisotopic (exact) mass is 420 g/mol. The fourth-order valence-electron chi connectivity index (χ4n) is 3.35. The number of carbonyl (C=O) groups excluding carboxylic acids is 1. The molecule has 0 saturated carbocycles. The van der Waals surface area contributed by atoms with Crippen molar-refractivity contribution in [2.75, 3.05) is 26.3 Å². The summed E-state index contributed by atoms with van der Waals surface area (Å²) < 4.78 is 32.4. The van der Waals surface area contributed by atoms with Crippen molar-refractivity contribution in [1.29, 1.82) is 0 Å². The number of rotatable bonds is 4. The lowest BCUT2D eigenvalue weighted by atomic mass is 9.96. The molecule has 2 heterocycles. The molecule has 2 fully saturated rings. The third kappa shape index (κ3) is 4.51. The Morgan fingerprint density at radius 3 is 2.58 bits per heavy atom. The van der Waals surface area contributed by atoms with Gasteiger partial charge in [0, 0.05) is 30.6 Å². The van der Waals surface area contributed by atoms with E-state index in [-0.39, 0.29) is 40.9 Å². The van der Waals surface area contributed by atoms with Gasteiger partial charge in [-0.25, -0.2) is 8.42 Å². The third-order valence-corrected chi connectivity index (χ3v) is 7.46. The van der Waals surface area contributed by atoms with E-state index in [2.05, 4.69) is 5.32 Å². The SMILES string of the molecule is O=C(NC1CCCOC1)C1CCN(S(=O)(=O)c2cc(Cl)ccc2Cl)CC1. The quantitative estimate of drug-likeness (QED) is 0.811. The Morgan fingerprint density at radius 1 is 1.19 bits per heavy atom. The highest BCUT2D eigenvalue weighted by Crippen LogP contribution is 2.30. The maximum absolute atomic E-state index is 12.8. The highest BCUT2D eigenvalue weighted by Gasteiger charge is 2.34. The smallest absolute Gasteiger partial charge is 0.244 e. The Bertz CT molecular complexity index is 758. The molecule has 26 heavy (non-hydrogen) atoms. The molecular formula is C17H22Cl2N2O4S. The number of halogens is 2. The van der Waals surface area contributed by atoms with Gasteiger partial charge in [0.1, 0.15) is 4.90 Å². The van der Waals surface area contributed by atoms with E-state index in [1.54, 1.807) is 6.07 Å². The van der Waals surface area contributed by atoms with Crippen molar-refractivity contribution >= 4 is 39.1 Å². The second-order valence-corrected chi connectivity index (χ2v) is 9.43. The van der Waals surface area contributed by atoms with Gasteiger partial charge < -0.3 is 10.1 Å². The fourth-order valence-corrected chi connectivity index (χ4v) is 5.55. The molecule has 144 valence electrons. The number of piperidine rings is 1. The van der Waals surface area contributed by atoms with Crippen LogP contribution in [-0.2, 0) is 19.6 Å². The van der Waals surface area contributed by atoms with Gasteiger partial charge in [0.05, 0.1) is 17.7 Å². The number of ether oxygens (including phenoxy) is 1. The van der Waals surface area contributed by atoms with Crippen LogP contribution in [0.5, 0.6) is 0 Å². The Morgan fingerprint density at radius 2 is 1.92 bits per heavy atom. The summed E-state index contributed by atoms with van der Waals surface area (Å²) in [5.74, 6) is -0.198. The van der Waals surface area contributed by atoms with E-state index in [9.17, 15) is 13.2 Å². The third-order valence-electron chi connectivity index (χ3n) is 4.84. The van der Waals surface area contributed by atoms with Crippen molar-refractivity contribution in [3.63, 3.8) is 0 Å². The number of sulfonamides is 1. The first kappa shape index (κ1) is 19.9. The van der Waals surface area contributed by atoms with Crippen LogP contribution in [0.4, 0.5) is 0 Å². The number of nitrogens with zero attached hydrogens (tertiary/aromatic N) is 1. The van der Waals surface area contributed by atoms with Crippen molar-refractivity contribution in [3.8, 4) is 0 Å². The van der Waals surface area contributed by atoms with Gasteiger partial charge in [0.25, 0.3) is 0 Å². The number of benzene rings is 1. The van der Waals surface area contributed by atoms with Crippen LogP contribution in [0.25, 0.3) is 0 Å². The fraction of sp³-hybridized carbons (Fsp3) is 0.588. The van der Waals surface area contributed by atoms with E-state index in [4.69, 9.17) is 27.9 Å². The minimum Gasteiger partial charge on any atom is -0.379 e. The van der Waals surface area contributed by atoms with Gasteiger partial charge in [-0.05, 0) is 43.9 Å². The molecule has 1 aromatic carbocycles. The topological polar surface area (TPSA) is 75.7 Å². The predicted molar refractivity (Wildman–Crippen MR) is 99.9 cm³/mol. The highest BCUT2D eigenvalue weighted by molar-refractivity contribution is 7.89. The Hall–Kier alpha value is -0.860. The van der Waals surface area contributed by atoms with Gasteiger partial charge in [-0.2, -0.15) is 4.31 Å². The minimum atomic E-state index is -3.73. The average Bonchev–Trinajstić information content (AvgIpc) is 2.64. The summed E-state index contributed by atoms with van der Waals surface area (Å²) >= 11 is 12.0. The molecule has 0 radical (unpaired) electrons. The number of carbonyl (C=O) groups is 1. The lowest BCUT2D eigenvalue weighted by Gasteiger charge is -2.32. The summed E-state index contributed by atoms with van der Waals surface area (Å²) in [6.45, 7) is 1.86. The standard InChI is InChI=1S/C17H22Cl2N2O4S/c18-13-3-4-15(19)16(10-13)26(23,24)21-7-5-12(6-8-21)17(22)20-14-2-1-9-25-11-14/h3-4,10,12,14H,1-2,5-9,11H2,(H,20,22). The molecule has 9 heteroatoms. The zero-order chi connectivity index (χ0) is 18.7. The van der Waals surface area contributed by atoms with E-state index >= 15 is 0 Å². The van der Waals surface area contributed by atoms with Gasteiger partial charge in [-0.15, -0.1) is 0 Å². The first-order valence-corrected chi connectivity index (χ1v) is 10.9. The van der Waals surface area contributed by atoms with E-state index in [0.29, 0.717) is 24.5 Å². The molecule has 0 spiro atoms. The molecule has 2 aliphatic rings. The normalized spacial score (nSPS) is 22.9. The molecule has 0 aromatic heterocycles. The van der Waals surface area contributed by atoms with Crippen LogP contribution < -0.4 is 5.32 Å².